The van der Waals surface area contributed by atoms with Crippen molar-refractivity contribution >= 4 is 5.91 Å². The minimum atomic E-state index is -0.515. The molecule has 0 aromatic rings. The van der Waals surface area contributed by atoms with Gasteiger partial charge in [0.15, 0.2) is 0 Å². The summed E-state index contributed by atoms with van der Waals surface area (Å²) in [5.41, 5.74) is 5.61. The van der Waals surface area contributed by atoms with Gasteiger partial charge >= 0.3 is 0 Å². The van der Waals surface area contributed by atoms with Crippen LogP contribution in [0.5, 0.6) is 0 Å². The van der Waals surface area contributed by atoms with E-state index in [-0.39, 0.29) is 5.91 Å². The van der Waals surface area contributed by atoms with Crippen molar-refractivity contribution in [2.75, 3.05) is 47.2 Å². The fraction of sp³-hybridized carbons (Fsp3) is 0.900. The Labute approximate surface area is 96.4 Å². The van der Waals surface area contributed by atoms with Crippen molar-refractivity contribution < 1.29 is 19.0 Å². The Bertz CT molecular complexity index is 178. The van der Waals surface area contributed by atoms with Crippen molar-refractivity contribution in [1.82, 2.24) is 5.32 Å². The first-order valence-corrected chi connectivity index (χ1v) is 5.31. The lowest BCUT2D eigenvalue weighted by atomic mass is 10.2. The molecule has 0 saturated heterocycles. The summed E-state index contributed by atoms with van der Waals surface area (Å²) in [7, 11) is 3.19. The molecule has 0 aromatic heterocycles. The maximum absolute atomic E-state index is 11.4. The topological polar surface area (TPSA) is 82.8 Å². The van der Waals surface area contributed by atoms with E-state index in [0.29, 0.717) is 39.4 Å². The minimum absolute atomic E-state index is 0.174. The first-order chi connectivity index (χ1) is 7.72. The molecular weight excluding hydrogens is 212 g/mol. The fourth-order valence-electron chi connectivity index (χ4n) is 0.998. The molecule has 0 radical (unpaired) electrons. The van der Waals surface area contributed by atoms with E-state index in [4.69, 9.17) is 19.9 Å². The summed E-state index contributed by atoms with van der Waals surface area (Å²) in [6, 6.07) is -0.515. The van der Waals surface area contributed by atoms with E-state index in [1.807, 2.05) is 0 Å². The van der Waals surface area contributed by atoms with Crippen LogP contribution in [0.1, 0.15) is 6.42 Å². The zero-order valence-corrected chi connectivity index (χ0v) is 10.0. The van der Waals surface area contributed by atoms with Crippen LogP contribution in [0, 0.1) is 0 Å². The molecule has 0 heterocycles. The van der Waals surface area contributed by atoms with Crippen molar-refractivity contribution in [3.05, 3.63) is 0 Å². The van der Waals surface area contributed by atoms with Gasteiger partial charge in [0.1, 0.15) is 0 Å². The van der Waals surface area contributed by atoms with Crippen molar-refractivity contribution in [3.8, 4) is 0 Å². The summed E-state index contributed by atoms with van der Waals surface area (Å²) in [5.74, 6) is -0.174. The fourth-order valence-corrected chi connectivity index (χ4v) is 0.998. The van der Waals surface area contributed by atoms with Gasteiger partial charge in [-0.15, -0.1) is 0 Å². The normalized spacial score (nSPS) is 12.4. The lowest BCUT2D eigenvalue weighted by Crippen LogP contribution is -2.42. The Hall–Kier alpha value is -0.690. The molecule has 1 amide bonds. The van der Waals surface area contributed by atoms with Gasteiger partial charge in [0.05, 0.1) is 25.9 Å². The van der Waals surface area contributed by atoms with Crippen LogP contribution in [0.3, 0.4) is 0 Å². The summed E-state index contributed by atoms with van der Waals surface area (Å²) < 4.78 is 14.8. The second kappa shape index (κ2) is 10.8. The molecule has 6 nitrogen and oxygen atoms in total. The quantitative estimate of drug-likeness (QED) is 0.480. The Morgan fingerprint density at radius 2 is 1.88 bits per heavy atom. The molecule has 3 N–H and O–H groups in total. The maximum Gasteiger partial charge on any atom is 0.237 e. The highest BCUT2D eigenvalue weighted by Gasteiger charge is 2.11. The summed E-state index contributed by atoms with van der Waals surface area (Å²) in [5, 5.41) is 2.68. The third-order valence-electron chi connectivity index (χ3n) is 1.95. The molecule has 0 aliphatic heterocycles. The van der Waals surface area contributed by atoms with Gasteiger partial charge in [-0.1, -0.05) is 0 Å². The summed E-state index contributed by atoms with van der Waals surface area (Å²) in [6.45, 7) is 2.50. The number of amides is 1. The van der Waals surface area contributed by atoms with Gasteiger partial charge in [-0.05, 0) is 6.42 Å². The first kappa shape index (κ1) is 15.3. The molecule has 0 bridgehead atoms. The van der Waals surface area contributed by atoms with Gasteiger partial charge in [0, 0.05) is 27.4 Å². The van der Waals surface area contributed by atoms with Crippen molar-refractivity contribution in [3.63, 3.8) is 0 Å². The zero-order chi connectivity index (χ0) is 12.2. The molecule has 0 rings (SSSR count). The molecule has 0 saturated carbocycles. The van der Waals surface area contributed by atoms with E-state index in [2.05, 4.69) is 5.32 Å². The molecular formula is C10H22N2O4. The Balaban J connectivity index is 3.35. The van der Waals surface area contributed by atoms with Crippen LogP contribution in [0.4, 0.5) is 0 Å². The average molecular weight is 234 g/mol. The third-order valence-corrected chi connectivity index (χ3v) is 1.95. The molecule has 0 fully saturated rings. The van der Waals surface area contributed by atoms with Crippen molar-refractivity contribution in [2.24, 2.45) is 5.73 Å². The van der Waals surface area contributed by atoms with Gasteiger partial charge in [0.2, 0.25) is 5.91 Å². The number of carbonyl (C=O) groups excluding carboxylic acids is 1. The van der Waals surface area contributed by atoms with Gasteiger partial charge in [-0.3, -0.25) is 4.79 Å². The average Bonchev–Trinajstić information content (AvgIpc) is 2.30. The SMILES string of the molecule is COCCOCCNC(=O)C(N)CCOC. The molecule has 1 unspecified atom stereocenters. The number of carbonyl (C=O) groups is 1. The Morgan fingerprint density at radius 3 is 2.50 bits per heavy atom. The standard InChI is InChI=1S/C10H22N2O4/c1-14-5-3-9(11)10(13)12-4-6-16-8-7-15-2/h9H,3-8,11H2,1-2H3,(H,12,13). The highest BCUT2D eigenvalue weighted by atomic mass is 16.5. The van der Waals surface area contributed by atoms with E-state index in [9.17, 15) is 4.79 Å². The number of nitrogens with two attached hydrogens (primary N) is 1. The second-order valence-electron chi connectivity index (χ2n) is 3.28. The number of hydrogen-bond donors (Lipinski definition) is 2. The van der Waals surface area contributed by atoms with Gasteiger partial charge in [0.25, 0.3) is 0 Å². The number of nitrogens with one attached hydrogen (secondary N) is 1. The van der Waals surface area contributed by atoms with E-state index in [1.165, 1.54) is 0 Å². The van der Waals surface area contributed by atoms with Gasteiger partial charge < -0.3 is 25.3 Å². The van der Waals surface area contributed by atoms with Crippen LogP contribution in [0.2, 0.25) is 0 Å². The monoisotopic (exact) mass is 234 g/mol. The van der Waals surface area contributed by atoms with Crippen molar-refractivity contribution in [2.45, 2.75) is 12.5 Å². The van der Waals surface area contributed by atoms with Gasteiger partial charge in [-0.2, -0.15) is 0 Å². The highest BCUT2D eigenvalue weighted by Crippen LogP contribution is 1.88. The molecule has 16 heavy (non-hydrogen) atoms. The lowest BCUT2D eigenvalue weighted by molar-refractivity contribution is -0.123. The van der Waals surface area contributed by atoms with Crippen LogP contribution < -0.4 is 11.1 Å². The number of hydrogen-bond acceptors (Lipinski definition) is 5. The smallest absolute Gasteiger partial charge is 0.237 e. The summed E-state index contributed by atoms with van der Waals surface area (Å²) in [6.07, 6.45) is 0.521. The van der Waals surface area contributed by atoms with E-state index < -0.39 is 6.04 Å². The van der Waals surface area contributed by atoms with Crippen LogP contribution in [0.15, 0.2) is 0 Å². The van der Waals surface area contributed by atoms with Crippen LogP contribution in [-0.2, 0) is 19.0 Å². The highest BCUT2D eigenvalue weighted by molar-refractivity contribution is 5.81. The molecule has 0 spiro atoms. The van der Waals surface area contributed by atoms with E-state index in [0.717, 1.165) is 0 Å². The predicted molar refractivity (Wildman–Crippen MR) is 60.2 cm³/mol. The lowest BCUT2D eigenvalue weighted by Gasteiger charge is -2.11. The summed E-state index contributed by atoms with van der Waals surface area (Å²) in [4.78, 5) is 11.4. The number of ether oxygens (including phenoxy) is 3. The van der Waals surface area contributed by atoms with Gasteiger partial charge in [-0.25, -0.2) is 0 Å². The zero-order valence-electron chi connectivity index (χ0n) is 10.0. The molecule has 96 valence electrons. The maximum atomic E-state index is 11.4. The van der Waals surface area contributed by atoms with E-state index in [1.54, 1.807) is 14.2 Å². The first-order valence-electron chi connectivity index (χ1n) is 5.31. The number of methoxy groups -OCH3 is 2. The van der Waals surface area contributed by atoms with Crippen LogP contribution in [0.25, 0.3) is 0 Å². The Kier molecular flexibility index (Phi) is 10.3. The largest absolute Gasteiger partial charge is 0.385 e. The summed E-state index contributed by atoms with van der Waals surface area (Å²) >= 11 is 0. The predicted octanol–water partition coefficient (Wildman–Crippen LogP) is -0.871. The molecule has 0 aliphatic rings. The second-order valence-corrected chi connectivity index (χ2v) is 3.28. The third kappa shape index (κ3) is 8.60. The molecule has 1 atom stereocenters. The van der Waals surface area contributed by atoms with E-state index >= 15 is 0 Å². The molecule has 0 aliphatic carbocycles. The molecule has 6 heteroatoms. The van der Waals surface area contributed by atoms with Crippen LogP contribution in [-0.4, -0.2) is 59.1 Å². The minimum Gasteiger partial charge on any atom is -0.385 e. The Morgan fingerprint density at radius 1 is 1.19 bits per heavy atom. The number of rotatable bonds is 10. The van der Waals surface area contributed by atoms with Crippen molar-refractivity contribution in [1.29, 1.82) is 0 Å². The van der Waals surface area contributed by atoms with Crippen LogP contribution >= 0.6 is 0 Å². The molecule has 0 aromatic carbocycles.